The molecule has 1 fully saturated rings. The molecule has 2 N–H and O–H groups in total. The number of aromatic nitrogens is 2. The number of carbonyl (C=O) groups excluding carboxylic acids is 1. The second-order valence-electron chi connectivity index (χ2n) is 7.75. The quantitative estimate of drug-likeness (QED) is 0.477. The number of hydrogen-bond acceptors (Lipinski definition) is 5. The number of carbonyl (C=O) groups is 1. The maximum absolute atomic E-state index is 13.1. The number of aliphatic hydroxyl groups excluding tert-OH is 1. The van der Waals surface area contributed by atoms with Crippen molar-refractivity contribution >= 4 is 45.6 Å². The fourth-order valence-corrected chi connectivity index (χ4v) is 4.13. The molecule has 1 atom stereocenters. The molecule has 160 valence electrons. The Bertz CT molecular complexity index is 1340. The molecule has 1 amide bonds. The molecule has 3 heterocycles. The Balaban J connectivity index is 0.00000231. The third-order valence-electron chi connectivity index (χ3n) is 5.71. The molecular formula is C23H23ClN4O3. The number of nitrogens with one attached hydrogen (secondary N) is 1. The molecule has 1 saturated heterocycles. The van der Waals surface area contributed by atoms with Gasteiger partial charge in [-0.15, -0.1) is 12.4 Å². The highest BCUT2D eigenvalue weighted by atomic mass is 35.5. The zero-order chi connectivity index (χ0) is 20.7. The SMILES string of the molecule is Cl.O=C(NCCN1CC[C@@H](O)C1)c1cccn2c(=O)c3cc4ccccc4cc3nc12. The number of benzene rings is 2. The van der Waals surface area contributed by atoms with E-state index in [1.54, 1.807) is 18.3 Å². The zero-order valence-corrected chi connectivity index (χ0v) is 17.6. The van der Waals surface area contributed by atoms with Crippen LogP contribution in [-0.4, -0.2) is 57.6 Å². The van der Waals surface area contributed by atoms with E-state index in [-0.39, 0.29) is 30.0 Å². The van der Waals surface area contributed by atoms with Crippen molar-refractivity contribution in [1.82, 2.24) is 19.6 Å². The van der Waals surface area contributed by atoms with Crippen LogP contribution in [0.25, 0.3) is 27.3 Å². The van der Waals surface area contributed by atoms with E-state index in [1.165, 1.54) is 4.40 Å². The normalized spacial score (nSPS) is 16.6. The minimum Gasteiger partial charge on any atom is -0.392 e. The van der Waals surface area contributed by atoms with E-state index in [9.17, 15) is 14.7 Å². The Morgan fingerprint density at radius 1 is 1.16 bits per heavy atom. The van der Waals surface area contributed by atoms with Crippen molar-refractivity contribution in [2.24, 2.45) is 0 Å². The third-order valence-corrected chi connectivity index (χ3v) is 5.71. The maximum Gasteiger partial charge on any atom is 0.265 e. The molecule has 8 heteroatoms. The lowest BCUT2D eigenvalue weighted by molar-refractivity contribution is 0.0950. The fraction of sp³-hybridized carbons (Fsp3) is 0.261. The van der Waals surface area contributed by atoms with Gasteiger partial charge in [-0.3, -0.25) is 18.9 Å². The van der Waals surface area contributed by atoms with Crippen molar-refractivity contribution in [1.29, 1.82) is 0 Å². The maximum atomic E-state index is 13.1. The summed E-state index contributed by atoms with van der Waals surface area (Å²) in [6.45, 7) is 2.62. The van der Waals surface area contributed by atoms with Gasteiger partial charge in [0.25, 0.3) is 11.5 Å². The first-order valence-corrected chi connectivity index (χ1v) is 10.1. The van der Waals surface area contributed by atoms with Gasteiger partial charge in [-0.2, -0.15) is 0 Å². The van der Waals surface area contributed by atoms with Gasteiger partial charge in [0.2, 0.25) is 0 Å². The Morgan fingerprint density at radius 2 is 1.94 bits per heavy atom. The lowest BCUT2D eigenvalue weighted by atomic mass is 10.1. The molecule has 0 spiro atoms. The van der Waals surface area contributed by atoms with Crippen molar-refractivity contribution < 1.29 is 9.90 Å². The third kappa shape index (κ3) is 3.99. The molecule has 0 aliphatic carbocycles. The van der Waals surface area contributed by atoms with Crippen LogP contribution in [0.3, 0.4) is 0 Å². The molecule has 2 aromatic heterocycles. The van der Waals surface area contributed by atoms with Gasteiger partial charge in [0.1, 0.15) is 0 Å². The smallest absolute Gasteiger partial charge is 0.265 e. The number of nitrogens with zero attached hydrogens (tertiary/aromatic N) is 3. The summed E-state index contributed by atoms with van der Waals surface area (Å²) in [5, 5.41) is 15.0. The highest BCUT2D eigenvalue weighted by molar-refractivity contribution is 6.02. The van der Waals surface area contributed by atoms with Crippen molar-refractivity contribution in [3.8, 4) is 0 Å². The van der Waals surface area contributed by atoms with Crippen LogP contribution in [0.2, 0.25) is 0 Å². The summed E-state index contributed by atoms with van der Waals surface area (Å²) in [6.07, 6.45) is 2.13. The summed E-state index contributed by atoms with van der Waals surface area (Å²) in [5.74, 6) is -0.264. The average molecular weight is 439 g/mol. The first-order chi connectivity index (χ1) is 14.6. The lowest BCUT2D eigenvalue weighted by Crippen LogP contribution is -2.34. The summed E-state index contributed by atoms with van der Waals surface area (Å²) in [6, 6.07) is 14.9. The number of β-amino-alcohol motifs (C(OH)–C–C–N with tert-alkyl or cyclic N) is 1. The van der Waals surface area contributed by atoms with E-state index in [1.807, 2.05) is 36.4 Å². The molecule has 0 bridgehead atoms. The molecule has 0 unspecified atom stereocenters. The van der Waals surface area contributed by atoms with Gasteiger partial charge >= 0.3 is 0 Å². The van der Waals surface area contributed by atoms with Crippen LogP contribution in [0, 0.1) is 0 Å². The van der Waals surface area contributed by atoms with Crippen LogP contribution in [0.1, 0.15) is 16.8 Å². The lowest BCUT2D eigenvalue weighted by Gasteiger charge is -2.15. The molecule has 5 rings (SSSR count). The van der Waals surface area contributed by atoms with Gasteiger partial charge < -0.3 is 10.4 Å². The van der Waals surface area contributed by atoms with Crippen molar-refractivity contribution in [2.45, 2.75) is 12.5 Å². The van der Waals surface area contributed by atoms with E-state index in [0.29, 0.717) is 41.7 Å². The van der Waals surface area contributed by atoms with Crippen LogP contribution < -0.4 is 10.9 Å². The van der Waals surface area contributed by atoms with E-state index < -0.39 is 0 Å². The molecule has 2 aromatic carbocycles. The topological polar surface area (TPSA) is 86.9 Å². The van der Waals surface area contributed by atoms with Gasteiger partial charge in [-0.1, -0.05) is 24.3 Å². The minimum atomic E-state index is -0.279. The van der Waals surface area contributed by atoms with Crippen molar-refractivity contribution in [2.75, 3.05) is 26.2 Å². The van der Waals surface area contributed by atoms with E-state index in [4.69, 9.17) is 0 Å². The van der Waals surface area contributed by atoms with Crippen LogP contribution in [0.4, 0.5) is 0 Å². The second-order valence-corrected chi connectivity index (χ2v) is 7.75. The Hall–Kier alpha value is -3.00. The van der Waals surface area contributed by atoms with Gasteiger partial charge in [-0.25, -0.2) is 4.98 Å². The van der Waals surface area contributed by atoms with E-state index in [2.05, 4.69) is 15.2 Å². The van der Waals surface area contributed by atoms with Crippen molar-refractivity contribution in [3.63, 3.8) is 0 Å². The monoisotopic (exact) mass is 438 g/mol. The summed E-state index contributed by atoms with van der Waals surface area (Å²) < 4.78 is 1.43. The summed E-state index contributed by atoms with van der Waals surface area (Å²) >= 11 is 0. The second kappa shape index (κ2) is 8.63. The summed E-state index contributed by atoms with van der Waals surface area (Å²) in [4.78, 5) is 32.7. The molecule has 0 radical (unpaired) electrons. The molecule has 0 saturated carbocycles. The summed E-state index contributed by atoms with van der Waals surface area (Å²) in [5.41, 5.74) is 1.09. The molecule has 31 heavy (non-hydrogen) atoms. The molecule has 4 aromatic rings. The predicted octanol–water partition coefficient (Wildman–Crippen LogP) is 2.22. The number of amides is 1. The van der Waals surface area contributed by atoms with E-state index >= 15 is 0 Å². The number of halogens is 1. The average Bonchev–Trinajstić information content (AvgIpc) is 3.17. The Labute approximate surface area is 184 Å². The Morgan fingerprint density at radius 3 is 2.68 bits per heavy atom. The van der Waals surface area contributed by atoms with Gasteiger partial charge in [0, 0.05) is 32.4 Å². The largest absolute Gasteiger partial charge is 0.392 e. The molecule has 1 aliphatic heterocycles. The summed E-state index contributed by atoms with van der Waals surface area (Å²) in [7, 11) is 0. The highest BCUT2D eigenvalue weighted by Crippen LogP contribution is 2.20. The van der Waals surface area contributed by atoms with Gasteiger partial charge in [0.15, 0.2) is 5.65 Å². The highest BCUT2D eigenvalue weighted by Gasteiger charge is 2.20. The molecular weight excluding hydrogens is 416 g/mol. The standard InChI is InChI=1S/C23H22N4O3.ClH/c28-17-7-10-26(14-17)11-8-24-22(29)18-6-3-9-27-21(18)25-20-13-16-5-2-1-4-15(16)12-19(20)23(27)30;/h1-6,9,12-13,17,28H,7-8,10-11,14H2,(H,24,29);1H/t17-;/m1./s1. The number of rotatable bonds is 4. The molecule has 7 nitrogen and oxygen atoms in total. The van der Waals surface area contributed by atoms with E-state index in [0.717, 1.165) is 23.7 Å². The number of aliphatic hydroxyl groups is 1. The first-order valence-electron chi connectivity index (χ1n) is 10.1. The van der Waals surface area contributed by atoms with Crippen LogP contribution >= 0.6 is 12.4 Å². The predicted molar refractivity (Wildman–Crippen MR) is 123 cm³/mol. The van der Waals surface area contributed by atoms with Gasteiger partial charge in [0.05, 0.1) is 22.6 Å². The fourth-order valence-electron chi connectivity index (χ4n) is 4.13. The van der Waals surface area contributed by atoms with Crippen LogP contribution in [-0.2, 0) is 0 Å². The number of likely N-dealkylation sites (tertiary alicyclic amines) is 1. The number of pyridine rings is 1. The first kappa shape index (κ1) is 21.2. The zero-order valence-electron chi connectivity index (χ0n) is 16.8. The van der Waals surface area contributed by atoms with Crippen LogP contribution in [0.5, 0.6) is 0 Å². The number of hydrogen-bond donors (Lipinski definition) is 2. The molecule has 1 aliphatic rings. The number of fused-ring (bicyclic) bond motifs is 3. The van der Waals surface area contributed by atoms with Crippen LogP contribution in [0.15, 0.2) is 59.5 Å². The minimum absolute atomic E-state index is 0. The van der Waals surface area contributed by atoms with Crippen molar-refractivity contribution in [3.05, 3.63) is 70.6 Å². The van der Waals surface area contributed by atoms with Gasteiger partial charge in [-0.05, 0) is 41.5 Å². The Kier molecular flexibility index (Phi) is 5.91.